The molecule has 1 N–H and O–H groups in total. The van der Waals surface area contributed by atoms with Crippen LogP contribution in [0, 0.1) is 0 Å². The molecule has 0 fully saturated rings. The number of hydrogen-bond acceptors (Lipinski definition) is 5. The summed E-state index contributed by atoms with van der Waals surface area (Å²) in [6, 6.07) is 10.8. The Morgan fingerprint density at radius 3 is 2.86 bits per heavy atom. The molecular formula is C15H11ClN4O2. The van der Waals surface area contributed by atoms with Crippen LogP contribution in [0.3, 0.4) is 0 Å². The van der Waals surface area contributed by atoms with Crippen LogP contribution in [0.5, 0.6) is 0 Å². The smallest absolute Gasteiger partial charge is 0.316 e. The van der Waals surface area contributed by atoms with E-state index in [-0.39, 0.29) is 12.4 Å². The molecule has 22 heavy (non-hydrogen) atoms. The van der Waals surface area contributed by atoms with Gasteiger partial charge in [0.05, 0.1) is 0 Å². The van der Waals surface area contributed by atoms with E-state index in [1.165, 1.54) is 0 Å². The maximum atomic E-state index is 12.0. The van der Waals surface area contributed by atoms with E-state index in [0.29, 0.717) is 16.4 Å². The van der Waals surface area contributed by atoms with Gasteiger partial charge >= 0.3 is 11.8 Å². The second-order valence-electron chi connectivity index (χ2n) is 4.44. The molecule has 1 amide bonds. The molecular weight excluding hydrogens is 304 g/mol. The van der Waals surface area contributed by atoms with Crippen molar-refractivity contribution >= 4 is 17.5 Å². The fourth-order valence-electron chi connectivity index (χ4n) is 1.82. The van der Waals surface area contributed by atoms with E-state index in [2.05, 4.69) is 20.4 Å². The zero-order chi connectivity index (χ0) is 15.4. The van der Waals surface area contributed by atoms with Crippen LogP contribution in [0.4, 0.5) is 0 Å². The van der Waals surface area contributed by atoms with Gasteiger partial charge in [-0.25, -0.2) is 0 Å². The first-order valence-corrected chi connectivity index (χ1v) is 6.87. The van der Waals surface area contributed by atoms with E-state index in [0.717, 1.165) is 5.56 Å². The molecule has 0 bridgehead atoms. The van der Waals surface area contributed by atoms with Gasteiger partial charge in [0.2, 0.25) is 5.82 Å². The van der Waals surface area contributed by atoms with Gasteiger partial charge in [0.1, 0.15) is 0 Å². The third-order valence-corrected chi connectivity index (χ3v) is 3.31. The maximum absolute atomic E-state index is 12.0. The molecule has 2 heterocycles. The van der Waals surface area contributed by atoms with Crippen molar-refractivity contribution < 1.29 is 9.32 Å². The Morgan fingerprint density at radius 2 is 2.09 bits per heavy atom. The molecule has 0 spiro atoms. The predicted octanol–water partition coefficient (Wildman–Crippen LogP) is 2.72. The van der Waals surface area contributed by atoms with E-state index >= 15 is 0 Å². The third kappa shape index (κ3) is 3.12. The van der Waals surface area contributed by atoms with Gasteiger partial charge in [-0.15, -0.1) is 0 Å². The highest BCUT2D eigenvalue weighted by atomic mass is 35.5. The van der Waals surface area contributed by atoms with Crippen LogP contribution in [-0.2, 0) is 6.54 Å². The Morgan fingerprint density at radius 1 is 1.23 bits per heavy atom. The summed E-state index contributed by atoms with van der Waals surface area (Å²) in [5.74, 6) is -0.246. The van der Waals surface area contributed by atoms with Crippen molar-refractivity contribution in [1.82, 2.24) is 20.4 Å². The molecule has 0 atom stereocenters. The van der Waals surface area contributed by atoms with Gasteiger partial charge in [-0.1, -0.05) is 35.0 Å². The van der Waals surface area contributed by atoms with Gasteiger partial charge < -0.3 is 9.84 Å². The Kier molecular flexibility index (Phi) is 4.11. The summed E-state index contributed by atoms with van der Waals surface area (Å²) < 4.78 is 4.97. The van der Waals surface area contributed by atoms with Crippen molar-refractivity contribution in [2.75, 3.05) is 0 Å². The molecule has 3 aromatic rings. The Hall–Kier alpha value is -2.73. The SMILES string of the molecule is O=C(NCc1ccccc1Cl)c1nc(-c2cccnc2)no1. The van der Waals surface area contributed by atoms with Crippen LogP contribution in [0.15, 0.2) is 53.3 Å². The monoisotopic (exact) mass is 314 g/mol. The zero-order valence-corrected chi connectivity index (χ0v) is 12.1. The number of amides is 1. The molecule has 0 aliphatic heterocycles. The molecule has 7 heteroatoms. The molecule has 1 aromatic carbocycles. The predicted molar refractivity (Wildman–Crippen MR) is 80.2 cm³/mol. The second kappa shape index (κ2) is 6.36. The third-order valence-electron chi connectivity index (χ3n) is 2.94. The van der Waals surface area contributed by atoms with Gasteiger partial charge in [-0.05, 0) is 23.8 Å². The van der Waals surface area contributed by atoms with Crippen LogP contribution in [0.2, 0.25) is 5.02 Å². The lowest BCUT2D eigenvalue weighted by Gasteiger charge is -2.04. The first kappa shape index (κ1) is 14.2. The van der Waals surface area contributed by atoms with Crippen molar-refractivity contribution in [2.24, 2.45) is 0 Å². The topological polar surface area (TPSA) is 80.9 Å². The van der Waals surface area contributed by atoms with Crippen molar-refractivity contribution in [3.05, 3.63) is 65.3 Å². The highest BCUT2D eigenvalue weighted by molar-refractivity contribution is 6.31. The zero-order valence-electron chi connectivity index (χ0n) is 11.4. The number of carbonyl (C=O) groups is 1. The summed E-state index contributed by atoms with van der Waals surface area (Å²) in [4.78, 5) is 20.0. The fraction of sp³-hybridized carbons (Fsp3) is 0.0667. The van der Waals surface area contributed by atoms with Gasteiger partial charge in [0.15, 0.2) is 0 Å². The Bertz CT molecular complexity index is 789. The number of pyridine rings is 1. The standard InChI is InChI=1S/C15H11ClN4O2/c16-12-6-2-1-4-10(12)9-18-14(21)15-19-13(20-22-15)11-5-3-7-17-8-11/h1-8H,9H2,(H,18,21). The molecule has 6 nitrogen and oxygen atoms in total. The number of benzene rings is 1. The minimum atomic E-state index is -0.456. The van der Waals surface area contributed by atoms with E-state index in [1.54, 1.807) is 30.6 Å². The molecule has 3 rings (SSSR count). The lowest BCUT2D eigenvalue weighted by atomic mass is 10.2. The molecule has 110 valence electrons. The average Bonchev–Trinajstić information content (AvgIpc) is 3.05. The maximum Gasteiger partial charge on any atom is 0.316 e. The van der Waals surface area contributed by atoms with Crippen molar-refractivity contribution in [1.29, 1.82) is 0 Å². The minimum Gasteiger partial charge on any atom is -0.344 e. The summed E-state index contributed by atoms with van der Waals surface area (Å²) in [5, 5.41) is 7.04. The normalized spacial score (nSPS) is 10.4. The molecule has 0 saturated heterocycles. The van der Waals surface area contributed by atoms with E-state index in [9.17, 15) is 4.79 Å². The van der Waals surface area contributed by atoms with E-state index < -0.39 is 5.91 Å². The largest absolute Gasteiger partial charge is 0.344 e. The molecule has 0 radical (unpaired) electrons. The number of halogens is 1. The highest BCUT2D eigenvalue weighted by Crippen LogP contribution is 2.15. The summed E-state index contributed by atoms with van der Waals surface area (Å²) in [7, 11) is 0. The number of nitrogens with zero attached hydrogens (tertiary/aromatic N) is 3. The minimum absolute atomic E-state index is 0.106. The van der Waals surface area contributed by atoms with Crippen LogP contribution in [0.1, 0.15) is 16.2 Å². The number of nitrogens with one attached hydrogen (secondary N) is 1. The van der Waals surface area contributed by atoms with Gasteiger partial charge in [0, 0.05) is 29.5 Å². The number of rotatable bonds is 4. The average molecular weight is 315 g/mol. The number of carbonyl (C=O) groups excluding carboxylic acids is 1. The van der Waals surface area contributed by atoms with Crippen molar-refractivity contribution in [2.45, 2.75) is 6.54 Å². The first-order chi connectivity index (χ1) is 10.7. The Balaban J connectivity index is 1.69. The first-order valence-electron chi connectivity index (χ1n) is 6.50. The van der Waals surface area contributed by atoms with Crippen LogP contribution in [0.25, 0.3) is 11.4 Å². The molecule has 2 aromatic heterocycles. The lowest BCUT2D eigenvalue weighted by Crippen LogP contribution is -2.23. The van der Waals surface area contributed by atoms with E-state index in [4.69, 9.17) is 16.1 Å². The molecule has 0 aliphatic carbocycles. The van der Waals surface area contributed by atoms with Gasteiger partial charge in [0.25, 0.3) is 0 Å². The molecule has 0 saturated carbocycles. The van der Waals surface area contributed by atoms with Gasteiger partial charge in [-0.3, -0.25) is 9.78 Å². The second-order valence-corrected chi connectivity index (χ2v) is 4.85. The summed E-state index contributed by atoms with van der Waals surface area (Å²) >= 11 is 6.03. The van der Waals surface area contributed by atoms with Crippen LogP contribution in [-0.4, -0.2) is 21.0 Å². The van der Waals surface area contributed by atoms with Gasteiger partial charge in [-0.2, -0.15) is 4.98 Å². The lowest BCUT2D eigenvalue weighted by molar-refractivity contribution is 0.0907. The van der Waals surface area contributed by atoms with Crippen LogP contribution < -0.4 is 5.32 Å². The highest BCUT2D eigenvalue weighted by Gasteiger charge is 2.16. The molecule has 0 unspecified atom stereocenters. The number of hydrogen-bond donors (Lipinski definition) is 1. The van der Waals surface area contributed by atoms with Crippen molar-refractivity contribution in [3.8, 4) is 11.4 Å². The number of aromatic nitrogens is 3. The van der Waals surface area contributed by atoms with Crippen LogP contribution >= 0.6 is 11.6 Å². The summed E-state index contributed by atoms with van der Waals surface area (Å²) in [5.41, 5.74) is 1.49. The Labute approximate surface area is 131 Å². The van der Waals surface area contributed by atoms with Crippen molar-refractivity contribution in [3.63, 3.8) is 0 Å². The fourth-order valence-corrected chi connectivity index (χ4v) is 2.02. The summed E-state index contributed by atoms with van der Waals surface area (Å²) in [6.07, 6.45) is 3.23. The quantitative estimate of drug-likeness (QED) is 0.800. The molecule has 0 aliphatic rings. The van der Waals surface area contributed by atoms with E-state index in [1.807, 2.05) is 18.2 Å². The summed E-state index contributed by atoms with van der Waals surface area (Å²) in [6.45, 7) is 0.281.